The number of aliphatic imine (C=N–C) groups is 1. The average Bonchev–Trinajstić information content (AvgIpc) is 1.89. The number of hydrogen-bond acceptors (Lipinski definition) is 3. The second kappa shape index (κ2) is 7.89. The molecule has 9 heavy (non-hydrogen) atoms. The summed E-state index contributed by atoms with van der Waals surface area (Å²) in [6, 6.07) is 0. The summed E-state index contributed by atoms with van der Waals surface area (Å²) in [6.07, 6.45) is 6.80. The summed E-state index contributed by atoms with van der Waals surface area (Å²) in [7, 11) is 0. The first-order valence-corrected chi connectivity index (χ1v) is 4.43. The Balaban J connectivity index is 3.14. The van der Waals surface area contributed by atoms with Gasteiger partial charge in [0.25, 0.3) is 0 Å². The molecule has 0 saturated heterocycles. The summed E-state index contributed by atoms with van der Waals surface area (Å²) < 4.78 is 0. The van der Waals surface area contributed by atoms with Crippen molar-refractivity contribution in [1.82, 2.24) is 0 Å². The summed E-state index contributed by atoms with van der Waals surface area (Å²) in [6.45, 7) is 0. The Kier molecular flexibility index (Phi) is 7.79. The highest BCUT2D eigenvalue weighted by molar-refractivity contribution is 7.98. The minimum absolute atomic E-state index is 1.06. The predicted octanol–water partition coefficient (Wildman–Crippen LogP) is 2.36. The first kappa shape index (κ1) is 8.89. The Morgan fingerprint density at radius 1 is 1.78 bits per heavy atom. The fourth-order valence-electron chi connectivity index (χ4n) is 0.344. The molecule has 0 amide bonds. The molecule has 0 aromatic rings. The highest BCUT2D eigenvalue weighted by Crippen LogP contribution is 1.95. The van der Waals surface area contributed by atoms with Gasteiger partial charge in [-0.05, 0) is 30.6 Å². The molecule has 0 spiro atoms. The summed E-state index contributed by atoms with van der Waals surface area (Å²) in [5, 5.41) is 2.26. The Hall–Kier alpha value is -0.110. The molecule has 50 valence electrons. The molecule has 0 aromatic heterocycles. The van der Waals surface area contributed by atoms with Gasteiger partial charge in [0.1, 0.15) is 0 Å². The minimum atomic E-state index is 1.06. The maximum atomic E-state index is 4.36. The van der Waals surface area contributed by atoms with Crippen molar-refractivity contribution in [2.24, 2.45) is 4.99 Å². The van der Waals surface area contributed by atoms with Crippen molar-refractivity contribution >= 4 is 29.1 Å². The molecule has 3 heteroatoms. The lowest BCUT2D eigenvalue weighted by molar-refractivity contribution is 1.23. The first-order valence-electron chi connectivity index (χ1n) is 2.62. The van der Waals surface area contributed by atoms with Crippen LogP contribution in [0.1, 0.15) is 6.42 Å². The van der Waals surface area contributed by atoms with Gasteiger partial charge in [-0.15, -0.1) is 0 Å². The average molecular weight is 159 g/mol. The van der Waals surface area contributed by atoms with Gasteiger partial charge >= 0.3 is 0 Å². The fraction of sp³-hybridized carbons (Fsp3) is 0.500. The summed E-state index contributed by atoms with van der Waals surface area (Å²) in [5.41, 5.74) is 0. The number of rotatable bonds is 4. The monoisotopic (exact) mass is 159 g/mol. The topological polar surface area (TPSA) is 12.4 Å². The highest BCUT2D eigenvalue weighted by atomic mass is 32.2. The van der Waals surface area contributed by atoms with Crippen LogP contribution in [-0.4, -0.2) is 17.2 Å². The third kappa shape index (κ3) is 7.89. The third-order valence-electron chi connectivity index (χ3n) is 0.721. The number of isothiocyanates is 1. The van der Waals surface area contributed by atoms with E-state index in [-0.39, 0.29) is 0 Å². The Labute approximate surface area is 65.3 Å². The lowest BCUT2D eigenvalue weighted by Gasteiger charge is -1.84. The van der Waals surface area contributed by atoms with E-state index in [1.54, 1.807) is 6.20 Å². The molecule has 0 unspecified atom stereocenters. The second-order valence-corrected chi connectivity index (χ2v) is 2.55. The number of hydrogen-bond donors (Lipinski definition) is 0. The normalized spacial score (nSPS) is 9.44. The van der Waals surface area contributed by atoms with Gasteiger partial charge in [-0.1, -0.05) is 6.08 Å². The molecule has 0 aliphatic rings. The Morgan fingerprint density at radius 2 is 2.56 bits per heavy atom. The van der Waals surface area contributed by atoms with Gasteiger partial charge < -0.3 is 0 Å². The van der Waals surface area contributed by atoms with Crippen molar-refractivity contribution in [2.75, 3.05) is 12.0 Å². The molecule has 0 aliphatic heterocycles. The molecule has 0 N–H and O–H groups in total. The van der Waals surface area contributed by atoms with Crippen LogP contribution in [0.3, 0.4) is 0 Å². The number of thioether (sulfide) groups is 1. The van der Waals surface area contributed by atoms with E-state index < -0.39 is 0 Å². The fourth-order valence-corrected chi connectivity index (χ4v) is 0.776. The van der Waals surface area contributed by atoms with Gasteiger partial charge in [0, 0.05) is 6.20 Å². The van der Waals surface area contributed by atoms with E-state index in [1.807, 2.05) is 17.8 Å². The molecule has 1 nitrogen and oxygen atoms in total. The highest BCUT2D eigenvalue weighted by Gasteiger charge is 1.74. The molecule has 0 atom stereocenters. The van der Waals surface area contributed by atoms with Gasteiger partial charge in [-0.25, -0.2) is 4.99 Å². The van der Waals surface area contributed by atoms with E-state index in [0.717, 1.165) is 12.2 Å². The molecule has 0 heterocycles. The van der Waals surface area contributed by atoms with E-state index >= 15 is 0 Å². The predicted molar refractivity (Wildman–Crippen MR) is 47.2 cm³/mol. The zero-order chi connectivity index (χ0) is 6.95. The van der Waals surface area contributed by atoms with E-state index in [4.69, 9.17) is 0 Å². The minimum Gasteiger partial charge on any atom is -0.203 e. The van der Waals surface area contributed by atoms with Crippen LogP contribution in [0.4, 0.5) is 0 Å². The standard InChI is InChI=1S/C6H9NS2/c1-9-5-3-2-4-7-6-8/h2,4H,3,5H2,1H3/b4-2+. The van der Waals surface area contributed by atoms with E-state index in [9.17, 15) is 0 Å². The zero-order valence-electron chi connectivity index (χ0n) is 5.33. The molecule has 0 aliphatic carbocycles. The van der Waals surface area contributed by atoms with Crippen LogP contribution in [0.15, 0.2) is 17.3 Å². The van der Waals surface area contributed by atoms with Crippen LogP contribution in [0.25, 0.3) is 0 Å². The molecule has 0 radical (unpaired) electrons. The molecule has 0 rings (SSSR count). The molecule has 0 fully saturated rings. The van der Waals surface area contributed by atoms with Crippen LogP contribution in [-0.2, 0) is 0 Å². The maximum absolute atomic E-state index is 4.36. The van der Waals surface area contributed by atoms with Crippen molar-refractivity contribution in [1.29, 1.82) is 0 Å². The van der Waals surface area contributed by atoms with Gasteiger partial charge in [0.2, 0.25) is 0 Å². The molecule has 0 aromatic carbocycles. The number of allylic oxidation sites excluding steroid dienone is 1. The Morgan fingerprint density at radius 3 is 3.11 bits per heavy atom. The Bertz CT molecular complexity index is 125. The molecular formula is C6H9NS2. The number of nitrogens with zero attached hydrogens (tertiary/aromatic N) is 1. The van der Waals surface area contributed by atoms with Crippen molar-refractivity contribution < 1.29 is 0 Å². The lowest BCUT2D eigenvalue weighted by Crippen LogP contribution is -1.69. The quantitative estimate of drug-likeness (QED) is 0.355. The van der Waals surface area contributed by atoms with Crippen LogP contribution in [0.5, 0.6) is 0 Å². The first-order chi connectivity index (χ1) is 4.41. The largest absolute Gasteiger partial charge is 0.203 e. The zero-order valence-corrected chi connectivity index (χ0v) is 6.97. The molecular weight excluding hydrogens is 150 g/mol. The van der Waals surface area contributed by atoms with Gasteiger partial charge in [-0.2, -0.15) is 11.8 Å². The van der Waals surface area contributed by atoms with E-state index in [0.29, 0.717) is 0 Å². The smallest absolute Gasteiger partial charge is 0.0634 e. The van der Waals surface area contributed by atoms with Crippen LogP contribution in [0.2, 0.25) is 0 Å². The summed E-state index contributed by atoms with van der Waals surface area (Å²) in [5.74, 6) is 1.14. The summed E-state index contributed by atoms with van der Waals surface area (Å²) in [4.78, 5) is 3.62. The lowest BCUT2D eigenvalue weighted by atomic mass is 10.5. The molecule has 0 saturated carbocycles. The van der Waals surface area contributed by atoms with Gasteiger partial charge in [0.05, 0.1) is 5.16 Å². The van der Waals surface area contributed by atoms with Gasteiger partial charge in [0.15, 0.2) is 0 Å². The van der Waals surface area contributed by atoms with E-state index in [1.165, 1.54) is 0 Å². The van der Waals surface area contributed by atoms with Crippen LogP contribution in [0, 0.1) is 0 Å². The van der Waals surface area contributed by atoms with Gasteiger partial charge in [-0.3, -0.25) is 0 Å². The van der Waals surface area contributed by atoms with Crippen molar-refractivity contribution in [3.8, 4) is 0 Å². The summed E-state index contributed by atoms with van der Waals surface area (Å²) >= 11 is 6.18. The van der Waals surface area contributed by atoms with Crippen molar-refractivity contribution in [3.05, 3.63) is 12.3 Å². The maximum Gasteiger partial charge on any atom is 0.0634 e. The SMILES string of the molecule is CSCC/C=C/N=C=S. The van der Waals surface area contributed by atoms with Crippen LogP contribution < -0.4 is 0 Å². The third-order valence-corrected chi connectivity index (χ3v) is 1.47. The van der Waals surface area contributed by atoms with Crippen molar-refractivity contribution in [2.45, 2.75) is 6.42 Å². The van der Waals surface area contributed by atoms with Crippen molar-refractivity contribution in [3.63, 3.8) is 0 Å². The van der Waals surface area contributed by atoms with Crippen LogP contribution >= 0.6 is 24.0 Å². The number of thiocarbonyl (C=S) groups is 1. The second-order valence-electron chi connectivity index (χ2n) is 1.39. The molecule has 0 bridgehead atoms. The van der Waals surface area contributed by atoms with E-state index in [2.05, 4.69) is 28.6 Å².